The maximum Gasteiger partial charge on any atom is 0.167 e. The van der Waals surface area contributed by atoms with Crippen molar-refractivity contribution in [1.82, 2.24) is 4.98 Å². The fraction of sp³-hybridized carbons (Fsp3) is 0. The lowest BCUT2D eigenvalue weighted by Crippen LogP contribution is -2.12. The van der Waals surface area contributed by atoms with Gasteiger partial charge in [-0.05, 0) is 37.1 Å². The summed E-state index contributed by atoms with van der Waals surface area (Å²) in [5.74, 6) is 1.10. The van der Waals surface area contributed by atoms with E-state index in [-0.39, 0.29) is 0 Å². The number of hydrogen-bond acceptors (Lipinski definition) is 3. The van der Waals surface area contributed by atoms with Gasteiger partial charge in [-0.15, -0.1) is 0 Å². The Morgan fingerprint density at radius 1 is 1.26 bits per heavy atom. The largest absolute Gasteiger partial charge is 0.481 e. The molecular weight excluding hydrogens is 262 g/mol. The van der Waals surface area contributed by atoms with Gasteiger partial charge in [0.05, 0.1) is 11.4 Å². The van der Waals surface area contributed by atoms with E-state index in [1.54, 1.807) is 37.6 Å². The normalized spacial score (nSPS) is 16.9. The molecule has 0 spiro atoms. The zero-order chi connectivity index (χ0) is 13.2. The quantitative estimate of drug-likeness (QED) is 0.804. The van der Waals surface area contributed by atoms with Crippen LogP contribution in [0.3, 0.4) is 0 Å². The van der Waals surface area contributed by atoms with Gasteiger partial charge in [-0.3, -0.25) is 4.98 Å². The summed E-state index contributed by atoms with van der Waals surface area (Å²) in [6.45, 7) is 0. The summed E-state index contributed by atoms with van der Waals surface area (Å²) in [6, 6.07) is 7.22. The molecule has 0 atom stereocenters. The zero-order valence-electron chi connectivity index (χ0n) is 9.84. The van der Waals surface area contributed by atoms with Crippen molar-refractivity contribution >= 4 is 28.8 Å². The Labute approximate surface area is 116 Å². The molecule has 19 heavy (non-hydrogen) atoms. The average Bonchev–Trinajstić information content (AvgIpc) is 2.86. The molecule has 93 valence electrons. The van der Waals surface area contributed by atoms with Gasteiger partial charge in [0.25, 0.3) is 0 Å². The van der Waals surface area contributed by atoms with Crippen LogP contribution in [-0.2, 0) is 4.79 Å². The monoisotopic (exact) mass is 270 g/mol. The Hall–Kier alpha value is -1.61. The molecular formula is C15H9ClNO2. The molecule has 1 fully saturated rings. The third kappa shape index (κ3) is 2.43. The van der Waals surface area contributed by atoms with Crippen LogP contribution in [0.5, 0.6) is 5.75 Å². The molecule has 4 heteroatoms. The summed E-state index contributed by atoms with van der Waals surface area (Å²) in [7, 11) is 0. The van der Waals surface area contributed by atoms with Crippen LogP contribution < -0.4 is 4.74 Å². The molecule has 5 radical (unpaired) electrons. The van der Waals surface area contributed by atoms with Crippen molar-refractivity contribution in [3.8, 4) is 5.75 Å². The molecule has 1 aromatic heterocycles. The maximum absolute atomic E-state index is 10.9. The van der Waals surface area contributed by atoms with Crippen LogP contribution >= 0.6 is 11.6 Å². The number of carbonyl (C=O) groups is 1. The molecule has 1 heterocycles. The van der Waals surface area contributed by atoms with Gasteiger partial charge >= 0.3 is 0 Å². The van der Waals surface area contributed by atoms with Gasteiger partial charge in [0.2, 0.25) is 0 Å². The summed E-state index contributed by atoms with van der Waals surface area (Å²) in [4.78, 5) is 15.1. The molecule has 0 amide bonds. The van der Waals surface area contributed by atoms with E-state index in [2.05, 4.69) is 4.98 Å². The van der Waals surface area contributed by atoms with Crippen LogP contribution in [0.1, 0.15) is 0 Å². The molecule has 1 aliphatic rings. The van der Waals surface area contributed by atoms with Gasteiger partial charge in [-0.2, -0.15) is 0 Å². The first-order valence-electron chi connectivity index (χ1n) is 5.71. The highest BCUT2D eigenvalue weighted by atomic mass is 35.5. The smallest absolute Gasteiger partial charge is 0.167 e. The number of benzene rings is 1. The highest BCUT2D eigenvalue weighted by molar-refractivity contribution is 6.31. The van der Waals surface area contributed by atoms with Gasteiger partial charge in [0, 0.05) is 23.0 Å². The van der Waals surface area contributed by atoms with Crippen molar-refractivity contribution in [2.24, 2.45) is 0 Å². The Bertz CT molecular complexity index is 614. The third-order valence-corrected chi connectivity index (χ3v) is 3.02. The number of pyridine rings is 1. The second kappa shape index (κ2) is 5.17. The van der Waals surface area contributed by atoms with Crippen LogP contribution in [0.2, 0.25) is 5.02 Å². The first kappa shape index (κ1) is 12.4. The molecule has 3 nitrogen and oxygen atoms in total. The van der Waals surface area contributed by atoms with Crippen molar-refractivity contribution in [3.63, 3.8) is 0 Å². The van der Waals surface area contributed by atoms with Gasteiger partial charge in [0.1, 0.15) is 12.0 Å². The summed E-state index contributed by atoms with van der Waals surface area (Å²) in [6.07, 6.45) is 8.19. The van der Waals surface area contributed by atoms with E-state index in [0.29, 0.717) is 22.8 Å². The standard InChI is InChI=1S/C15H9ClNO2/c16-11-7-13-12(4-2-6-17-13)15(8-11)19-14-5-1-3-10(14)9-18/h1-9H. The lowest BCUT2D eigenvalue weighted by atomic mass is 10.1. The number of fused-ring (bicyclic) bond motifs is 1. The first-order chi connectivity index (χ1) is 9.28. The highest BCUT2D eigenvalue weighted by Crippen LogP contribution is 2.37. The SMILES string of the molecule is O=C[C]1[CH][CH][CH][C]1Oc1cc(Cl)cc2ncccc12. The fourth-order valence-electron chi connectivity index (χ4n) is 1.93. The third-order valence-electron chi connectivity index (χ3n) is 2.80. The molecule has 2 aromatic rings. The summed E-state index contributed by atoms with van der Waals surface area (Å²) >= 11 is 6.05. The molecule has 1 aliphatic carbocycles. The summed E-state index contributed by atoms with van der Waals surface area (Å²) in [5.41, 5.74) is 0.754. The predicted molar refractivity (Wildman–Crippen MR) is 72.8 cm³/mol. The number of ether oxygens (including phenoxy) is 1. The Balaban J connectivity index is 1.98. The van der Waals surface area contributed by atoms with Crippen LogP contribution in [0.4, 0.5) is 0 Å². The van der Waals surface area contributed by atoms with E-state index in [0.717, 1.165) is 17.2 Å². The van der Waals surface area contributed by atoms with E-state index >= 15 is 0 Å². The van der Waals surface area contributed by atoms with Gasteiger partial charge in [0.15, 0.2) is 6.10 Å². The summed E-state index contributed by atoms with van der Waals surface area (Å²) in [5, 5.41) is 1.39. The van der Waals surface area contributed by atoms with Crippen LogP contribution in [-0.4, -0.2) is 11.3 Å². The molecule has 0 aliphatic heterocycles. The highest BCUT2D eigenvalue weighted by Gasteiger charge is 2.32. The Morgan fingerprint density at radius 3 is 3.00 bits per heavy atom. The van der Waals surface area contributed by atoms with E-state index in [1.165, 1.54) is 0 Å². The van der Waals surface area contributed by atoms with E-state index in [9.17, 15) is 4.79 Å². The first-order valence-corrected chi connectivity index (χ1v) is 6.09. The van der Waals surface area contributed by atoms with Crippen molar-refractivity contribution in [3.05, 3.63) is 66.8 Å². The van der Waals surface area contributed by atoms with Crippen LogP contribution in [0.25, 0.3) is 10.9 Å². The number of aldehydes is 1. The van der Waals surface area contributed by atoms with E-state index in [4.69, 9.17) is 16.3 Å². The maximum atomic E-state index is 10.9. The molecule has 1 aromatic carbocycles. The van der Waals surface area contributed by atoms with E-state index in [1.807, 2.05) is 12.1 Å². The van der Waals surface area contributed by atoms with Crippen molar-refractivity contribution < 1.29 is 9.53 Å². The minimum absolute atomic E-state index is 0.511. The molecule has 0 saturated heterocycles. The van der Waals surface area contributed by atoms with Crippen LogP contribution in [0.15, 0.2) is 30.5 Å². The molecule has 0 bridgehead atoms. The second-order valence-corrected chi connectivity index (χ2v) is 4.48. The van der Waals surface area contributed by atoms with Gasteiger partial charge in [-0.1, -0.05) is 11.6 Å². The Morgan fingerprint density at radius 2 is 2.16 bits per heavy atom. The molecule has 0 unspecified atom stereocenters. The number of rotatable bonds is 3. The number of hydrogen-bond donors (Lipinski definition) is 0. The number of halogens is 1. The van der Waals surface area contributed by atoms with E-state index < -0.39 is 0 Å². The van der Waals surface area contributed by atoms with Crippen molar-refractivity contribution in [2.45, 2.75) is 0 Å². The number of carbonyl (C=O) groups excluding carboxylic acids is 1. The minimum atomic E-state index is 0.511. The Kier molecular flexibility index (Phi) is 3.38. The second-order valence-electron chi connectivity index (χ2n) is 4.04. The fourth-order valence-corrected chi connectivity index (χ4v) is 2.13. The van der Waals surface area contributed by atoms with Crippen molar-refractivity contribution in [1.29, 1.82) is 0 Å². The van der Waals surface area contributed by atoms with Crippen molar-refractivity contribution in [2.75, 3.05) is 0 Å². The average molecular weight is 271 g/mol. The van der Waals surface area contributed by atoms with Crippen LogP contribution in [0, 0.1) is 31.3 Å². The molecule has 3 rings (SSSR count). The number of nitrogens with zero attached hydrogens (tertiary/aromatic N) is 1. The molecule has 0 N–H and O–H groups in total. The summed E-state index contributed by atoms with van der Waals surface area (Å²) < 4.78 is 5.78. The predicted octanol–water partition coefficient (Wildman–Crippen LogP) is 3.20. The molecule has 1 saturated carbocycles. The van der Waals surface area contributed by atoms with Gasteiger partial charge in [-0.25, -0.2) is 0 Å². The lowest BCUT2D eigenvalue weighted by molar-refractivity contribution is -0.106. The van der Waals surface area contributed by atoms with Gasteiger partial charge < -0.3 is 9.53 Å². The lowest BCUT2D eigenvalue weighted by Gasteiger charge is -2.16. The topological polar surface area (TPSA) is 39.2 Å². The number of aromatic nitrogens is 1. The minimum Gasteiger partial charge on any atom is -0.481 e. The zero-order valence-corrected chi connectivity index (χ0v) is 10.6.